The number of benzene rings is 4. The van der Waals surface area contributed by atoms with Crippen LogP contribution < -0.4 is 30.4 Å². The maximum Gasteiger partial charge on any atom is 0.341 e. The Balaban J connectivity index is 0.00000372. The molecule has 302 valence electrons. The third-order valence-electron chi connectivity index (χ3n) is 8.99. The van der Waals surface area contributed by atoms with Crippen molar-refractivity contribution in [2.24, 2.45) is 11.5 Å². The van der Waals surface area contributed by atoms with Crippen molar-refractivity contribution >= 4 is 57.1 Å². The monoisotopic (exact) mass is 794 g/mol. The number of amides is 2. The molecule has 0 bridgehead atoms. The number of hydrogen-bond donors (Lipinski definition) is 4. The molecule has 16 heteroatoms. The molecule has 0 radical (unpaired) electrons. The average molecular weight is 795 g/mol. The summed E-state index contributed by atoms with van der Waals surface area (Å²) in [6, 6.07) is 24.1. The number of carboxylic acids is 2. The summed E-state index contributed by atoms with van der Waals surface area (Å²) in [4.78, 5) is 71.8. The molecule has 2 amide bonds. The minimum Gasteiger partial charge on any atom is -0.481 e. The highest BCUT2D eigenvalue weighted by atomic mass is 16.5. The van der Waals surface area contributed by atoms with Gasteiger partial charge in [-0.3, -0.25) is 19.2 Å². The minimum atomic E-state index is -1.21. The molecule has 6 rings (SSSR count). The van der Waals surface area contributed by atoms with Gasteiger partial charge in [0.2, 0.25) is 0 Å². The number of nitrogens with zero attached hydrogens (tertiary/aromatic N) is 2. The number of primary amides is 2. The Labute approximate surface area is 332 Å². The van der Waals surface area contributed by atoms with Gasteiger partial charge >= 0.3 is 11.9 Å². The van der Waals surface area contributed by atoms with E-state index in [0.717, 1.165) is 11.1 Å². The zero-order valence-electron chi connectivity index (χ0n) is 29.9. The zero-order chi connectivity index (χ0) is 40.3. The van der Waals surface area contributed by atoms with Crippen LogP contribution in [0.4, 0.5) is 0 Å². The Bertz CT molecular complexity index is 2370. The summed E-state index contributed by atoms with van der Waals surface area (Å²) in [6.07, 6.45) is 0. The predicted molar refractivity (Wildman–Crippen MR) is 213 cm³/mol. The first kappa shape index (κ1) is 43.1. The van der Waals surface area contributed by atoms with E-state index in [0.29, 0.717) is 33.9 Å². The van der Waals surface area contributed by atoms with Crippen LogP contribution >= 0.6 is 0 Å². The topological polar surface area (TPSA) is 242 Å². The van der Waals surface area contributed by atoms with Crippen molar-refractivity contribution < 1.29 is 57.9 Å². The second-order valence-electron chi connectivity index (χ2n) is 12.4. The van der Waals surface area contributed by atoms with Crippen molar-refractivity contribution in [1.82, 2.24) is 9.13 Å². The van der Waals surface area contributed by atoms with Gasteiger partial charge in [0, 0.05) is 11.4 Å². The van der Waals surface area contributed by atoms with E-state index in [2.05, 4.69) is 0 Å². The van der Waals surface area contributed by atoms with Crippen LogP contribution in [-0.2, 0) is 32.6 Å². The van der Waals surface area contributed by atoms with Gasteiger partial charge in [-0.2, -0.15) is 0 Å². The number of ether oxygens (including phenoxy) is 4. The normalized spacial score (nSPS) is 10.6. The SMILES string of the molecule is C.C.Cc1c(C(=O)C(N)=O)c2c(OCC(=O)O)cccc2n1COc1ccc(-c2ccc(OCn3c(C)c(C(=O)C(N)=O)c4c(OCC(=O)O)cccc43)cc2)cc1. The number of carboxylic acid groups (broad SMARTS) is 2. The van der Waals surface area contributed by atoms with Crippen LogP contribution in [-0.4, -0.2) is 67.9 Å². The van der Waals surface area contributed by atoms with E-state index in [-0.39, 0.29) is 61.7 Å². The van der Waals surface area contributed by atoms with Gasteiger partial charge in [0.15, 0.2) is 26.7 Å². The van der Waals surface area contributed by atoms with Crippen LogP contribution in [0.15, 0.2) is 84.9 Å². The summed E-state index contributed by atoms with van der Waals surface area (Å²) in [5.74, 6) is -5.46. The first-order valence-electron chi connectivity index (χ1n) is 16.8. The van der Waals surface area contributed by atoms with E-state index in [1.807, 2.05) is 24.3 Å². The lowest BCUT2D eigenvalue weighted by Gasteiger charge is -2.13. The molecule has 2 aromatic heterocycles. The quantitative estimate of drug-likeness (QED) is 0.0662. The fraction of sp³-hybridized carbons (Fsp3) is 0.190. The fourth-order valence-corrected chi connectivity index (χ4v) is 6.40. The third kappa shape index (κ3) is 8.60. The van der Waals surface area contributed by atoms with Gasteiger partial charge in [-0.15, -0.1) is 0 Å². The Morgan fingerprint density at radius 2 is 0.879 bits per heavy atom. The highest BCUT2D eigenvalue weighted by molar-refractivity contribution is 6.45. The molecule has 4 aromatic carbocycles. The number of rotatable bonds is 17. The van der Waals surface area contributed by atoms with Crippen molar-refractivity contribution in [3.63, 3.8) is 0 Å². The van der Waals surface area contributed by atoms with E-state index in [1.54, 1.807) is 71.5 Å². The number of nitrogens with two attached hydrogens (primary N) is 2. The summed E-state index contributed by atoms with van der Waals surface area (Å²) in [5.41, 5.74) is 14.1. The van der Waals surface area contributed by atoms with Crippen LogP contribution in [0.2, 0.25) is 0 Å². The summed E-state index contributed by atoms with van der Waals surface area (Å²) in [7, 11) is 0. The summed E-state index contributed by atoms with van der Waals surface area (Å²) in [5, 5.41) is 18.7. The zero-order valence-corrected chi connectivity index (χ0v) is 29.9. The van der Waals surface area contributed by atoms with Crippen LogP contribution in [0, 0.1) is 13.8 Å². The predicted octanol–water partition coefficient (Wildman–Crippen LogP) is 5.49. The molecule has 0 saturated heterocycles. The molecule has 2 heterocycles. The first-order valence-corrected chi connectivity index (χ1v) is 16.8. The molecule has 6 N–H and O–H groups in total. The number of Topliss-reactive ketones (excluding diaryl/α,β-unsaturated/α-hetero) is 2. The average Bonchev–Trinajstić information content (AvgIpc) is 3.63. The van der Waals surface area contributed by atoms with E-state index >= 15 is 0 Å². The highest BCUT2D eigenvalue weighted by Crippen LogP contribution is 2.36. The van der Waals surface area contributed by atoms with Gasteiger partial charge in [-0.1, -0.05) is 51.3 Å². The Kier molecular flexibility index (Phi) is 13.3. The van der Waals surface area contributed by atoms with Gasteiger partial charge in [0.25, 0.3) is 23.4 Å². The number of ketones is 2. The van der Waals surface area contributed by atoms with Crippen molar-refractivity contribution in [3.05, 3.63) is 107 Å². The second-order valence-corrected chi connectivity index (χ2v) is 12.4. The Morgan fingerprint density at radius 3 is 1.19 bits per heavy atom. The van der Waals surface area contributed by atoms with E-state index in [1.165, 1.54) is 12.1 Å². The molecule has 0 unspecified atom stereocenters. The van der Waals surface area contributed by atoms with Gasteiger partial charge in [0.05, 0.1) is 32.9 Å². The van der Waals surface area contributed by atoms with Crippen molar-refractivity contribution in [2.75, 3.05) is 13.2 Å². The molecule has 58 heavy (non-hydrogen) atoms. The van der Waals surface area contributed by atoms with Crippen molar-refractivity contribution in [1.29, 1.82) is 0 Å². The largest absolute Gasteiger partial charge is 0.481 e. The lowest BCUT2D eigenvalue weighted by Crippen LogP contribution is -2.24. The molecular formula is C42H42N4O12. The molecule has 0 fully saturated rings. The molecule has 0 aliphatic heterocycles. The number of carbonyl (C=O) groups excluding carboxylic acids is 4. The maximum absolute atomic E-state index is 12.9. The second kappa shape index (κ2) is 17.9. The van der Waals surface area contributed by atoms with E-state index in [4.69, 9.17) is 40.6 Å². The molecule has 0 aliphatic rings. The summed E-state index contributed by atoms with van der Waals surface area (Å²) >= 11 is 0. The van der Waals surface area contributed by atoms with Crippen LogP contribution in [0.3, 0.4) is 0 Å². The maximum atomic E-state index is 12.9. The lowest BCUT2D eigenvalue weighted by atomic mass is 10.1. The molecule has 0 aliphatic carbocycles. The van der Waals surface area contributed by atoms with Crippen LogP contribution in [0.1, 0.15) is 47.0 Å². The number of fused-ring (bicyclic) bond motifs is 2. The smallest absolute Gasteiger partial charge is 0.341 e. The van der Waals surface area contributed by atoms with Crippen molar-refractivity contribution in [2.45, 2.75) is 42.2 Å². The van der Waals surface area contributed by atoms with Gasteiger partial charge in [-0.05, 0) is 73.5 Å². The minimum absolute atomic E-state index is 0. The Morgan fingerprint density at radius 1 is 0.534 bits per heavy atom. The van der Waals surface area contributed by atoms with Crippen molar-refractivity contribution in [3.8, 4) is 34.1 Å². The highest BCUT2D eigenvalue weighted by Gasteiger charge is 2.28. The van der Waals surface area contributed by atoms with Gasteiger partial charge < -0.3 is 49.8 Å². The van der Waals surface area contributed by atoms with E-state index < -0.39 is 48.5 Å². The van der Waals surface area contributed by atoms with Gasteiger partial charge in [-0.25, -0.2) is 9.59 Å². The fourth-order valence-electron chi connectivity index (χ4n) is 6.40. The van der Waals surface area contributed by atoms with Gasteiger partial charge in [0.1, 0.15) is 23.0 Å². The number of aromatic nitrogens is 2. The standard InChI is InChI=1S/C40H34N4O12.2CH4/c1-21-33(37(49)39(41)51)35-27(5-3-7-29(35)53-17-31(45)46)43(21)19-55-25-13-9-23(10-14-25)24-11-15-26(16-12-24)56-20-44-22(2)34(38(50)40(42)52)36-28(44)6-4-8-30(36)54-18-32(47)48;;/h3-16H,17-20H2,1-2H3,(H2,41,51)(H2,42,52)(H,45,46)(H,47,48);2*1H4. The molecule has 16 nitrogen and oxygen atoms in total. The Hall–Kier alpha value is -7.62. The summed E-state index contributed by atoms with van der Waals surface area (Å²) < 4.78 is 26.3. The number of carbonyl (C=O) groups is 6. The molecular weight excluding hydrogens is 752 g/mol. The molecule has 0 spiro atoms. The lowest BCUT2D eigenvalue weighted by molar-refractivity contribution is -0.140. The van der Waals surface area contributed by atoms with E-state index in [9.17, 15) is 28.8 Å². The first-order chi connectivity index (χ1) is 26.8. The molecule has 0 saturated carbocycles. The number of aliphatic carboxylic acids is 2. The third-order valence-corrected chi connectivity index (χ3v) is 8.99. The molecule has 0 atom stereocenters. The van der Waals surface area contributed by atoms with Crippen LogP contribution in [0.25, 0.3) is 32.9 Å². The molecule has 6 aromatic rings. The van der Waals surface area contributed by atoms with Crippen LogP contribution in [0.5, 0.6) is 23.0 Å². The number of hydrogen-bond acceptors (Lipinski definition) is 10. The summed E-state index contributed by atoms with van der Waals surface area (Å²) in [6.45, 7) is 1.81.